The minimum Gasteiger partial charge on any atom is -0.378 e. The van der Waals surface area contributed by atoms with Gasteiger partial charge in [-0.3, -0.25) is 0 Å². The Labute approximate surface area is 153 Å². The molecule has 0 spiro atoms. The number of aromatic nitrogens is 2. The van der Waals surface area contributed by atoms with Crippen molar-refractivity contribution in [2.24, 2.45) is 0 Å². The van der Waals surface area contributed by atoms with Crippen LogP contribution in [0.2, 0.25) is 0 Å². The zero-order valence-corrected chi connectivity index (χ0v) is 15.6. The summed E-state index contributed by atoms with van der Waals surface area (Å²) < 4.78 is 32.7. The van der Waals surface area contributed by atoms with E-state index in [2.05, 4.69) is 14.9 Å². The number of morpholine rings is 1. The number of hydrogen-bond donors (Lipinski definition) is 0. The summed E-state index contributed by atoms with van der Waals surface area (Å²) in [7, 11) is -3.54. The molecule has 26 heavy (non-hydrogen) atoms. The number of sulfonamides is 1. The molecule has 0 bridgehead atoms. The summed E-state index contributed by atoms with van der Waals surface area (Å²) in [5.41, 5.74) is 2.78. The molecule has 1 fully saturated rings. The highest BCUT2D eigenvalue weighted by molar-refractivity contribution is 7.89. The quantitative estimate of drug-likeness (QED) is 0.809. The Kier molecular flexibility index (Phi) is 4.64. The summed E-state index contributed by atoms with van der Waals surface area (Å²) in [6.07, 6.45) is 2.64. The minimum atomic E-state index is -3.54. The minimum absolute atomic E-state index is 0.285. The second kappa shape index (κ2) is 6.94. The van der Waals surface area contributed by atoms with Gasteiger partial charge in [0.2, 0.25) is 16.0 Å². The second-order valence-electron chi connectivity index (χ2n) is 6.51. The third-order valence-corrected chi connectivity index (χ3v) is 6.68. The number of ether oxygens (including phenoxy) is 1. The summed E-state index contributed by atoms with van der Waals surface area (Å²) >= 11 is 0. The lowest BCUT2D eigenvalue weighted by molar-refractivity contribution is 0.122. The molecule has 0 amide bonds. The van der Waals surface area contributed by atoms with Crippen LogP contribution < -0.4 is 4.90 Å². The van der Waals surface area contributed by atoms with Gasteiger partial charge in [0, 0.05) is 31.4 Å². The Morgan fingerprint density at radius 3 is 2.54 bits per heavy atom. The van der Waals surface area contributed by atoms with Crippen LogP contribution in [0.4, 0.5) is 5.95 Å². The maximum absolute atomic E-state index is 12.9. The Bertz CT molecular complexity index is 893. The maximum Gasteiger partial charge on any atom is 0.243 e. The molecular formula is C18H22N4O3S. The number of fused-ring (bicyclic) bond motifs is 1. The van der Waals surface area contributed by atoms with E-state index in [1.807, 2.05) is 19.1 Å². The van der Waals surface area contributed by atoms with Crippen LogP contribution in [-0.2, 0) is 34.3 Å². The average molecular weight is 374 g/mol. The van der Waals surface area contributed by atoms with Crippen LogP contribution in [0.1, 0.15) is 23.7 Å². The molecule has 1 aromatic heterocycles. The predicted molar refractivity (Wildman–Crippen MR) is 97.3 cm³/mol. The van der Waals surface area contributed by atoms with E-state index in [0.29, 0.717) is 30.6 Å². The zero-order valence-electron chi connectivity index (χ0n) is 14.8. The molecular weight excluding hydrogens is 352 g/mol. The lowest BCUT2D eigenvalue weighted by atomic mass is 10.2. The highest BCUT2D eigenvalue weighted by Crippen LogP contribution is 2.28. The number of rotatable bonds is 4. The Morgan fingerprint density at radius 2 is 1.85 bits per heavy atom. The lowest BCUT2D eigenvalue weighted by Crippen LogP contribution is -2.37. The largest absolute Gasteiger partial charge is 0.378 e. The summed E-state index contributed by atoms with van der Waals surface area (Å²) in [5, 5.41) is 0. The van der Waals surface area contributed by atoms with Gasteiger partial charge in [-0.2, -0.15) is 4.31 Å². The Morgan fingerprint density at radius 1 is 1.12 bits per heavy atom. The Balaban J connectivity index is 1.55. The van der Waals surface area contributed by atoms with Crippen molar-refractivity contribution < 1.29 is 13.2 Å². The van der Waals surface area contributed by atoms with Crippen LogP contribution in [0, 0.1) is 0 Å². The van der Waals surface area contributed by atoms with E-state index < -0.39 is 10.0 Å². The molecule has 1 saturated heterocycles. The molecule has 7 nitrogen and oxygen atoms in total. The van der Waals surface area contributed by atoms with Gasteiger partial charge < -0.3 is 9.64 Å². The number of hydrogen-bond acceptors (Lipinski definition) is 6. The third-order valence-electron chi connectivity index (χ3n) is 4.88. The number of nitrogens with zero attached hydrogens (tertiary/aromatic N) is 4. The molecule has 0 saturated carbocycles. The van der Waals surface area contributed by atoms with E-state index in [4.69, 9.17) is 4.74 Å². The maximum atomic E-state index is 12.9. The molecule has 3 heterocycles. The van der Waals surface area contributed by atoms with E-state index in [9.17, 15) is 8.42 Å². The first-order valence-corrected chi connectivity index (χ1v) is 10.3. The number of anilines is 1. The van der Waals surface area contributed by atoms with Crippen molar-refractivity contribution in [1.29, 1.82) is 0 Å². The predicted octanol–water partition coefficient (Wildman–Crippen LogP) is 1.58. The SMILES string of the molecule is CCc1ccc(S(=O)(=O)N2Cc3cnc(N4CCOCC4)nc3C2)cc1. The van der Waals surface area contributed by atoms with Crippen molar-refractivity contribution in [3.8, 4) is 0 Å². The van der Waals surface area contributed by atoms with Crippen LogP contribution >= 0.6 is 0 Å². The van der Waals surface area contributed by atoms with Crippen molar-refractivity contribution in [1.82, 2.24) is 14.3 Å². The second-order valence-corrected chi connectivity index (χ2v) is 8.45. The average Bonchev–Trinajstić information content (AvgIpc) is 3.13. The molecule has 2 aromatic rings. The van der Waals surface area contributed by atoms with Gasteiger partial charge in [0.1, 0.15) is 0 Å². The van der Waals surface area contributed by atoms with E-state index in [0.717, 1.165) is 36.3 Å². The molecule has 4 rings (SSSR count). The zero-order chi connectivity index (χ0) is 18.1. The highest BCUT2D eigenvalue weighted by atomic mass is 32.2. The third kappa shape index (κ3) is 3.20. The van der Waals surface area contributed by atoms with Gasteiger partial charge in [-0.25, -0.2) is 18.4 Å². The fourth-order valence-electron chi connectivity index (χ4n) is 3.25. The van der Waals surface area contributed by atoms with E-state index in [-0.39, 0.29) is 6.54 Å². The Hall–Kier alpha value is -2.03. The monoisotopic (exact) mass is 374 g/mol. The molecule has 0 radical (unpaired) electrons. The molecule has 0 N–H and O–H groups in total. The molecule has 0 atom stereocenters. The van der Waals surface area contributed by atoms with Crippen LogP contribution in [0.25, 0.3) is 0 Å². The van der Waals surface area contributed by atoms with E-state index >= 15 is 0 Å². The summed E-state index contributed by atoms with van der Waals surface area (Å²) in [5.74, 6) is 0.651. The molecule has 138 valence electrons. The van der Waals surface area contributed by atoms with Crippen molar-refractivity contribution in [3.05, 3.63) is 47.3 Å². The number of benzene rings is 1. The molecule has 8 heteroatoms. The van der Waals surface area contributed by atoms with Crippen molar-refractivity contribution in [2.45, 2.75) is 31.3 Å². The topological polar surface area (TPSA) is 75.6 Å². The van der Waals surface area contributed by atoms with Gasteiger partial charge in [0.15, 0.2) is 0 Å². The summed E-state index contributed by atoms with van der Waals surface area (Å²) in [6.45, 7) is 5.48. The van der Waals surface area contributed by atoms with Crippen molar-refractivity contribution >= 4 is 16.0 Å². The van der Waals surface area contributed by atoms with Gasteiger partial charge in [0.05, 0.1) is 30.3 Å². The molecule has 0 unspecified atom stereocenters. The van der Waals surface area contributed by atoms with Crippen LogP contribution in [0.3, 0.4) is 0 Å². The summed E-state index contributed by atoms with van der Waals surface area (Å²) in [6, 6.07) is 7.10. The first-order valence-electron chi connectivity index (χ1n) is 8.84. The smallest absolute Gasteiger partial charge is 0.243 e. The van der Waals surface area contributed by atoms with Crippen molar-refractivity contribution in [2.75, 3.05) is 31.2 Å². The van der Waals surface area contributed by atoms with Crippen LogP contribution in [0.15, 0.2) is 35.4 Å². The lowest BCUT2D eigenvalue weighted by Gasteiger charge is -2.26. The standard InChI is InChI=1S/C18H22N4O3S/c1-2-14-3-5-16(6-4-14)26(23,24)22-12-15-11-19-18(20-17(15)13-22)21-7-9-25-10-8-21/h3-6,11H,2,7-10,12-13H2,1H3. The van der Waals surface area contributed by atoms with Crippen LogP contribution in [-0.4, -0.2) is 49.0 Å². The van der Waals surface area contributed by atoms with Gasteiger partial charge in [0.25, 0.3) is 0 Å². The fraction of sp³-hybridized carbons (Fsp3) is 0.444. The van der Waals surface area contributed by atoms with Gasteiger partial charge in [-0.1, -0.05) is 19.1 Å². The van der Waals surface area contributed by atoms with Gasteiger partial charge in [-0.05, 0) is 24.1 Å². The molecule has 2 aliphatic heterocycles. The van der Waals surface area contributed by atoms with E-state index in [1.165, 1.54) is 4.31 Å². The molecule has 2 aliphatic rings. The highest BCUT2D eigenvalue weighted by Gasteiger charge is 2.32. The fourth-order valence-corrected chi connectivity index (χ4v) is 4.62. The van der Waals surface area contributed by atoms with E-state index in [1.54, 1.807) is 18.3 Å². The normalized spacial score (nSPS) is 18.1. The van der Waals surface area contributed by atoms with Crippen LogP contribution in [0.5, 0.6) is 0 Å². The summed E-state index contributed by atoms with van der Waals surface area (Å²) in [4.78, 5) is 11.4. The first kappa shape index (κ1) is 17.4. The molecule has 1 aromatic carbocycles. The van der Waals surface area contributed by atoms with Crippen molar-refractivity contribution in [3.63, 3.8) is 0 Å². The molecule has 0 aliphatic carbocycles. The van der Waals surface area contributed by atoms with Gasteiger partial charge >= 0.3 is 0 Å². The van der Waals surface area contributed by atoms with Gasteiger partial charge in [-0.15, -0.1) is 0 Å². The number of aryl methyl sites for hydroxylation is 1. The first-order chi connectivity index (χ1) is 12.6.